The van der Waals surface area contributed by atoms with Crippen LogP contribution in [0.15, 0.2) is 17.0 Å². The molecule has 1 saturated heterocycles. The number of carboxylic acids is 1. The summed E-state index contributed by atoms with van der Waals surface area (Å²) < 4.78 is 36.8. The number of carbonyl (C=O) groups is 1. The van der Waals surface area contributed by atoms with E-state index in [-0.39, 0.29) is 24.6 Å². The highest BCUT2D eigenvalue weighted by Crippen LogP contribution is 2.28. The van der Waals surface area contributed by atoms with Gasteiger partial charge in [0.2, 0.25) is 10.0 Å². The Morgan fingerprint density at radius 3 is 2.45 bits per heavy atom. The molecule has 2 rings (SSSR count). The van der Waals surface area contributed by atoms with Crippen molar-refractivity contribution in [1.82, 2.24) is 4.31 Å². The molecule has 0 aromatic heterocycles. The van der Waals surface area contributed by atoms with Crippen LogP contribution in [-0.4, -0.2) is 56.7 Å². The van der Waals surface area contributed by atoms with Gasteiger partial charge in [0.25, 0.3) is 0 Å². The number of aliphatic carboxylic acids is 1. The summed E-state index contributed by atoms with van der Waals surface area (Å²) in [6, 6.07) is 3.07. The predicted molar refractivity (Wildman–Crippen MR) is 78.6 cm³/mol. The fourth-order valence-corrected chi connectivity index (χ4v) is 4.12. The molecule has 22 heavy (non-hydrogen) atoms. The Hall–Kier alpha value is -1.64. The molecule has 0 saturated carbocycles. The van der Waals surface area contributed by atoms with Crippen LogP contribution in [0.3, 0.4) is 0 Å². The van der Waals surface area contributed by atoms with E-state index in [1.807, 2.05) is 0 Å². The van der Waals surface area contributed by atoms with Gasteiger partial charge in [-0.2, -0.15) is 4.31 Å². The number of morpholine rings is 1. The summed E-state index contributed by atoms with van der Waals surface area (Å²) in [5, 5.41) is 8.99. The molecule has 1 atom stereocenters. The topological polar surface area (TPSA) is 93.1 Å². The zero-order chi connectivity index (χ0) is 16.5. The Bertz CT molecular complexity index is 662. The third kappa shape index (κ3) is 3.08. The normalized spacial score (nSPS) is 19.9. The van der Waals surface area contributed by atoms with Crippen molar-refractivity contribution >= 4 is 16.0 Å². The number of aryl methyl sites for hydroxylation is 2. The molecule has 7 nitrogen and oxygen atoms in total. The molecule has 8 heteroatoms. The molecule has 1 heterocycles. The number of rotatable bonds is 4. The van der Waals surface area contributed by atoms with Crippen LogP contribution in [0, 0.1) is 13.8 Å². The maximum Gasteiger partial charge on any atom is 0.334 e. The lowest BCUT2D eigenvalue weighted by Gasteiger charge is -2.30. The van der Waals surface area contributed by atoms with Crippen LogP contribution in [0.5, 0.6) is 5.75 Å². The maximum atomic E-state index is 12.7. The highest BCUT2D eigenvalue weighted by molar-refractivity contribution is 7.89. The molecular formula is C14H19NO6S. The molecule has 0 spiro atoms. The molecule has 0 bridgehead atoms. The number of benzene rings is 1. The second-order valence-corrected chi connectivity index (χ2v) is 7.09. The quantitative estimate of drug-likeness (QED) is 0.878. The number of carboxylic acid groups (broad SMARTS) is 1. The lowest BCUT2D eigenvalue weighted by atomic mass is 10.1. The van der Waals surface area contributed by atoms with Crippen molar-refractivity contribution < 1.29 is 27.8 Å². The van der Waals surface area contributed by atoms with E-state index in [1.165, 1.54) is 19.2 Å². The van der Waals surface area contributed by atoms with Crippen molar-refractivity contribution in [3.8, 4) is 5.75 Å². The van der Waals surface area contributed by atoms with Gasteiger partial charge in [0.05, 0.1) is 25.2 Å². The Labute approximate surface area is 129 Å². The van der Waals surface area contributed by atoms with Gasteiger partial charge in [0.15, 0.2) is 6.10 Å². The van der Waals surface area contributed by atoms with Gasteiger partial charge in [-0.1, -0.05) is 0 Å². The van der Waals surface area contributed by atoms with Crippen LogP contribution in [0.1, 0.15) is 11.1 Å². The first-order chi connectivity index (χ1) is 10.3. The van der Waals surface area contributed by atoms with Crippen molar-refractivity contribution in [2.24, 2.45) is 0 Å². The van der Waals surface area contributed by atoms with Gasteiger partial charge in [-0.25, -0.2) is 13.2 Å². The van der Waals surface area contributed by atoms with Crippen LogP contribution in [-0.2, 0) is 19.6 Å². The molecule has 122 valence electrons. The summed E-state index contributed by atoms with van der Waals surface area (Å²) in [6.45, 7) is 3.54. The van der Waals surface area contributed by atoms with E-state index in [9.17, 15) is 13.2 Å². The highest BCUT2D eigenvalue weighted by Gasteiger charge is 2.34. The molecule has 1 fully saturated rings. The zero-order valence-electron chi connectivity index (χ0n) is 12.7. The van der Waals surface area contributed by atoms with Crippen molar-refractivity contribution in [1.29, 1.82) is 0 Å². The molecule has 1 aliphatic rings. The molecule has 0 aliphatic carbocycles. The fraction of sp³-hybridized carbons (Fsp3) is 0.500. The van der Waals surface area contributed by atoms with E-state index < -0.39 is 22.1 Å². The second-order valence-electron chi connectivity index (χ2n) is 5.15. The fourth-order valence-electron chi connectivity index (χ4n) is 2.52. The van der Waals surface area contributed by atoms with E-state index >= 15 is 0 Å². The average molecular weight is 329 g/mol. The van der Waals surface area contributed by atoms with E-state index in [2.05, 4.69) is 0 Å². The van der Waals surface area contributed by atoms with E-state index in [0.717, 1.165) is 4.31 Å². The molecule has 1 aliphatic heterocycles. The first-order valence-electron chi connectivity index (χ1n) is 6.77. The van der Waals surface area contributed by atoms with Crippen LogP contribution < -0.4 is 4.74 Å². The van der Waals surface area contributed by atoms with Gasteiger partial charge in [-0.3, -0.25) is 0 Å². The van der Waals surface area contributed by atoms with Crippen LogP contribution in [0.4, 0.5) is 0 Å². The number of methoxy groups -OCH3 is 1. The lowest BCUT2D eigenvalue weighted by Crippen LogP contribution is -2.48. The number of ether oxygens (including phenoxy) is 2. The van der Waals surface area contributed by atoms with Crippen molar-refractivity contribution in [2.75, 3.05) is 26.8 Å². The zero-order valence-corrected chi connectivity index (χ0v) is 13.5. The van der Waals surface area contributed by atoms with E-state index in [0.29, 0.717) is 16.9 Å². The van der Waals surface area contributed by atoms with E-state index in [1.54, 1.807) is 13.8 Å². The Morgan fingerprint density at radius 1 is 1.36 bits per heavy atom. The first-order valence-corrected chi connectivity index (χ1v) is 8.21. The van der Waals surface area contributed by atoms with Gasteiger partial charge in [0.1, 0.15) is 5.75 Å². The number of sulfonamides is 1. The van der Waals surface area contributed by atoms with E-state index in [4.69, 9.17) is 14.6 Å². The molecule has 0 radical (unpaired) electrons. The number of hydrogen-bond donors (Lipinski definition) is 1. The minimum Gasteiger partial charge on any atom is -0.496 e. The third-order valence-corrected chi connectivity index (χ3v) is 5.42. The highest BCUT2D eigenvalue weighted by atomic mass is 32.2. The summed E-state index contributed by atoms with van der Waals surface area (Å²) in [6.07, 6.45) is -1.14. The maximum absolute atomic E-state index is 12.7. The van der Waals surface area contributed by atoms with Gasteiger partial charge < -0.3 is 14.6 Å². The largest absolute Gasteiger partial charge is 0.496 e. The van der Waals surface area contributed by atoms with Gasteiger partial charge in [-0.15, -0.1) is 0 Å². The third-order valence-electron chi connectivity index (χ3n) is 3.58. The van der Waals surface area contributed by atoms with Gasteiger partial charge in [-0.05, 0) is 37.1 Å². The van der Waals surface area contributed by atoms with Gasteiger partial charge >= 0.3 is 5.97 Å². The molecule has 1 N–H and O–H groups in total. The molecular weight excluding hydrogens is 310 g/mol. The summed E-state index contributed by atoms with van der Waals surface area (Å²) in [7, 11) is -2.23. The average Bonchev–Trinajstić information content (AvgIpc) is 2.47. The minimum absolute atomic E-state index is 0.0598. The van der Waals surface area contributed by atoms with Gasteiger partial charge in [0, 0.05) is 6.54 Å². The number of nitrogens with zero attached hydrogens (tertiary/aromatic N) is 1. The smallest absolute Gasteiger partial charge is 0.334 e. The summed E-state index contributed by atoms with van der Waals surface area (Å²) in [4.78, 5) is 11.1. The monoisotopic (exact) mass is 329 g/mol. The lowest BCUT2D eigenvalue weighted by molar-refractivity contribution is -0.153. The Morgan fingerprint density at radius 2 is 1.95 bits per heavy atom. The van der Waals surface area contributed by atoms with Crippen LogP contribution >= 0.6 is 0 Å². The number of hydrogen-bond acceptors (Lipinski definition) is 5. The molecule has 1 unspecified atom stereocenters. The Balaban J connectivity index is 2.36. The van der Waals surface area contributed by atoms with Crippen molar-refractivity contribution in [2.45, 2.75) is 24.8 Å². The molecule has 1 aromatic carbocycles. The SMILES string of the molecule is COc1c(C)cc(S(=O)(=O)N2CCOC(C(=O)O)C2)cc1C. The minimum atomic E-state index is -3.76. The Kier molecular flexibility index (Phi) is 4.74. The summed E-state index contributed by atoms with van der Waals surface area (Å²) >= 11 is 0. The molecule has 0 amide bonds. The summed E-state index contributed by atoms with van der Waals surface area (Å²) in [5.74, 6) is -0.522. The molecule has 1 aromatic rings. The summed E-state index contributed by atoms with van der Waals surface area (Å²) in [5.41, 5.74) is 1.42. The van der Waals surface area contributed by atoms with Crippen molar-refractivity contribution in [3.63, 3.8) is 0 Å². The predicted octanol–water partition coefficient (Wildman–Crippen LogP) is 0.786. The first kappa shape index (κ1) is 16.7. The standard InChI is InChI=1S/C14H19NO6S/c1-9-6-11(7-10(2)13(9)20-3)22(18,19)15-4-5-21-12(8-15)14(16)17/h6-7,12H,4-5,8H2,1-3H3,(H,16,17). The van der Waals surface area contributed by atoms with Crippen LogP contribution in [0.25, 0.3) is 0 Å². The second kappa shape index (κ2) is 6.23. The van der Waals surface area contributed by atoms with Crippen LogP contribution in [0.2, 0.25) is 0 Å². The van der Waals surface area contributed by atoms with Crippen molar-refractivity contribution in [3.05, 3.63) is 23.3 Å².